The maximum atomic E-state index is 12.7. The van der Waals surface area contributed by atoms with E-state index in [9.17, 15) is 4.79 Å². The first-order valence-corrected chi connectivity index (χ1v) is 8.12. The van der Waals surface area contributed by atoms with E-state index in [-0.39, 0.29) is 24.4 Å². The maximum absolute atomic E-state index is 12.7. The number of halogens is 1. The van der Waals surface area contributed by atoms with Gasteiger partial charge in [0.2, 0.25) is 5.91 Å². The number of carbonyl (C=O) groups excluding carboxylic acids is 1. The lowest BCUT2D eigenvalue weighted by molar-refractivity contribution is -0.130. The molecule has 1 aromatic heterocycles. The lowest BCUT2D eigenvalue weighted by Gasteiger charge is -2.34. The van der Waals surface area contributed by atoms with Crippen molar-refractivity contribution in [2.24, 2.45) is 11.1 Å². The molecular weight excluding hydrogens is 328 g/mol. The number of nitrogens with zero attached hydrogens (tertiary/aromatic N) is 2. The first-order valence-electron chi connectivity index (χ1n) is 8.12. The van der Waals surface area contributed by atoms with Crippen molar-refractivity contribution in [1.82, 2.24) is 9.78 Å². The van der Waals surface area contributed by atoms with Crippen molar-refractivity contribution < 1.29 is 9.53 Å². The van der Waals surface area contributed by atoms with Crippen LogP contribution in [-0.2, 0) is 9.53 Å². The largest absolute Gasteiger partial charge is 0.381 e. The summed E-state index contributed by atoms with van der Waals surface area (Å²) in [5, 5.41) is 8.50. The fourth-order valence-electron chi connectivity index (χ4n) is 3.08. The summed E-state index contributed by atoms with van der Waals surface area (Å²) in [6.07, 6.45) is 3.18. The molecule has 132 valence electrons. The molecule has 3 N–H and O–H groups in total. The SMILES string of the molecule is CC(C)n1ncc2ccc(NC(=O)C3(CN)CCOCC3)cc21.Cl. The summed E-state index contributed by atoms with van der Waals surface area (Å²) >= 11 is 0. The first kappa shape index (κ1) is 18.7. The van der Waals surface area contributed by atoms with Crippen LogP contribution in [0.1, 0.15) is 32.7 Å². The van der Waals surface area contributed by atoms with Gasteiger partial charge < -0.3 is 15.8 Å². The average molecular weight is 353 g/mol. The van der Waals surface area contributed by atoms with Crippen LogP contribution in [-0.4, -0.2) is 35.4 Å². The highest BCUT2D eigenvalue weighted by Gasteiger charge is 2.38. The van der Waals surface area contributed by atoms with Crippen LogP contribution in [0.5, 0.6) is 0 Å². The van der Waals surface area contributed by atoms with E-state index in [1.165, 1.54) is 0 Å². The zero-order chi connectivity index (χ0) is 16.4. The normalized spacial score (nSPS) is 16.8. The fourth-order valence-corrected chi connectivity index (χ4v) is 3.08. The maximum Gasteiger partial charge on any atom is 0.232 e. The average Bonchev–Trinajstić information content (AvgIpc) is 2.98. The van der Waals surface area contributed by atoms with Crippen LogP contribution >= 0.6 is 12.4 Å². The van der Waals surface area contributed by atoms with Gasteiger partial charge in [0.25, 0.3) is 0 Å². The molecule has 1 saturated heterocycles. The van der Waals surface area contributed by atoms with Crippen LogP contribution in [0.4, 0.5) is 5.69 Å². The van der Waals surface area contributed by atoms with E-state index in [0.717, 1.165) is 16.6 Å². The standard InChI is InChI=1S/C17H24N4O2.ClH/c1-12(2)21-15-9-14(4-3-13(15)10-19-21)20-16(22)17(11-18)5-7-23-8-6-17;/h3-4,9-10,12H,5-8,11,18H2,1-2H3,(H,20,22);1H. The van der Waals surface area contributed by atoms with Crippen LogP contribution in [0, 0.1) is 5.41 Å². The van der Waals surface area contributed by atoms with E-state index >= 15 is 0 Å². The quantitative estimate of drug-likeness (QED) is 0.886. The van der Waals surface area contributed by atoms with E-state index < -0.39 is 5.41 Å². The highest BCUT2D eigenvalue weighted by molar-refractivity contribution is 5.97. The molecule has 0 spiro atoms. The molecule has 1 aromatic carbocycles. The Bertz CT molecular complexity index is 708. The molecule has 1 aliphatic heterocycles. The fraction of sp³-hybridized carbons (Fsp3) is 0.529. The number of aromatic nitrogens is 2. The summed E-state index contributed by atoms with van der Waals surface area (Å²) in [5.74, 6) is -0.0155. The topological polar surface area (TPSA) is 82.2 Å². The molecule has 1 aliphatic rings. The van der Waals surface area contributed by atoms with Gasteiger partial charge in [-0.25, -0.2) is 0 Å². The summed E-state index contributed by atoms with van der Waals surface area (Å²) < 4.78 is 7.33. The van der Waals surface area contributed by atoms with E-state index in [4.69, 9.17) is 10.5 Å². The minimum Gasteiger partial charge on any atom is -0.381 e. The van der Waals surface area contributed by atoms with E-state index in [0.29, 0.717) is 32.6 Å². The minimum atomic E-state index is -0.522. The predicted octanol–water partition coefficient (Wildman–Crippen LogP) is 2.73. The summed E-state index contributed by atoms with van der Waals surface area (Å²) in [4.78, 5) is 12.7. The van der Waals surface area contributed by atoms with Crippen LogP contribution in [0.2, 0.25) is 0 Å². The lowest BCUT2D eigenvalue weighted by Crippen LogP contribution is -2.46. The Hall–Kier alpha value is -1.63. The van der Waals surface area contributed by atoms with Crippen LogP contribution in [0.15, 0.2) is 24.4 Å². The van der Waals surface area contributed by atoms with Gasteiger partial charge in [-0.15, -0.1) is 12.4 Å². The van der Waals surface area contributed by atoms with Gasteiger partial charge in [0.05, 0.1) is 17.1 Å². The molecule has 0 radical (unpaired) electrons. The number of benzene rings is 1. The molecule has 7 heteroatoms. The highest BCUT2D eigenvalue weighted by Crippen LogP contribution is 2.31. The smallest absolute Gasteiger partial charge is 0.232 e. The third-order valence-corrected chi connectivity index (χ3v) is 4.67. The number of fused-ring (bicyclic) bond motifs is 1. The molecular formula is C17H25ClN4O2. The van der Waals surface area contributed by atoms with Gasteiger partial charge in [-0.2, -0.15) is 5.10 Å². The number of nitrogens with two attached hydrogens (primary N) is 1. The van der Waals surface area contributed by atoms with Crippen LogP contribution in [0.25, 0.3) is 10.9 Å². The van der Waals surface area contributed by atoms with Gasteiger partial charge in [0.15, 0.2) is 0 Å². The zero-order valence-corrected chi connectivity index (χ0v) is 14.9. The Morgan fingerprint density at radius 2 is 2.12 bits per heavy atom. The number of amides is 1. The molecule has 6 nitrogen and oxygen atoms in total. The molecule has 3 rings (SSSR count). The van der Waals surface area contributed by atoms with Crippen molar-refractivity contribution in [2.45, 2.75) is 32.7 Å². The van der Waals surface area contributed by atoms with Gasteiger partial charge in [0.1, 0.15) is 0 Å². The van der Waals surface area contributed by atoms with Crippen molar-refractivity contribution in [3.05, 3.63) is 24.4 Å². The number of rotatable bonds is 4. The Labute approximate surface area is 148 Å². The lowest BCUT2D eigenvalue weighted by atomic mass is 9.79. The molecule has 2 aromatic rings. The second kappa shape index (κ2) is 7.51. The molecule has 0 bridgehead atoms. The van der Waals surface area contributed by atoms with Crippen molar-refractivity contribution >= 4 is 34.9 Å². The van der Waals surface area contributed by atoms with Gasteiger partial charge >= 0.3 is 0 Å². The summed E-state index contributed by atoms with van der Waals surface area (Å²) in [6.45, 7) is 5.69. The Kier molecular flexibility index (Phi) is 5.85. The summed E-state index contributed by atoms with van der Waals surface area (Å²) in [7, 11) is 0. The summed E-state index contributed by atoms with van der Waals surface area (Å²) in [5.41, 5.74) is 7.18. The van der Waals surface area contributed by atoms with Crippen molar-refractivity contribution in [3.8, 4) is 0 Å². The number of carbonyl (C=O) groups is 1. The van der Waals surface area contributed by atoms with E-state index in [1.807, 2.05) is 29.1 Å². The molecule has 24 heavy (non-hydrogen) atoms. The molecule has 0 saturated carbocycles. The van der Waals surface area contributed by atoms with Gasteiger partial charge in [-0.1, -0.05) is 0 Å². The monoisotopic (exact) mass is 352 g/mol. The second-order valence-corrected chi connectivity index (χ2v) is 6.51. The number of nitrogens with one attached hydrogen (secondary N) is 1. The Morgan fingerprint density at radius 1 is 1.42 bits per heavy atom. The van der Waals surface area contributed by atoms with Crippen molar-refractivity contribution in [1.29, 1.82) is 0 Å². The second-order valence-electron chi connectivity index (χ2n) is 6.51. The molecule has 1 amide bonds. The molecule has 2 heterocycles. The van der Waals surface area contributed by atoms with Crippen molar-refractivity contribution in [3.63, 3.8) is 0 Å². The predicted molar refractivity (Wildman–Crippen MR) is 97.5 cm³/mol. The van der Waals surface area contributed by atoms with Crippen molar-refractivity contribution in [2.75, 3.05) is 25.1 Å². The van der Waals surface area contributed by atoms with E-state index in [1.54, 1.807) is 0 Å². The number of hydrogen-bond acceptors (Lipinski definition) is 4. The Balaban J connectivity index is 0.00000208. The third kappa shape index (κ3) is 3.41. The highest BCUT2D eigenvalue weighted by atomic mass is 35.5. The van der Waals surface area contributed by atoms with Crippen LogP contribution in [0.3, 0.4) is 0 Å². The summed E-state index contributed by atoms with van der Waals surface area (Å²) in [6, 6.07) is 6.14. The number of ether oxygens (including phenoxy) is 1. The number of anilines is 1. The van der Waals surface area contributed by atoms with Gasteiger partial charge in [-0.05, 0) is 44.9 Å². The van der Waals surface area contributed by atoms with E-state index in [2.05, 4.69) is 24.3 Å². The van der Waals surface area contributed by atoms with Crippen LogP contribution < -0.4 is 11.1 Å². The third-order valence-electron chi connectivity index (χ3n) is 4.67. The first-order chi connectivity index (χ1) is 11.1. The molecule has 0 aliphatic carbocycles. The van der Waals surface area contributed by atoms with Gasteiger partial charge in [0, 0.05) is 36.9 Å². The number of hydrogen-bond donors (Lipinski definition) is 2. The molecule has 1 fully saturated rings. The molecule has 0 unspecified atom stereocenters. The minimum absolute atomic E-state index is 0. The van der Waals surface area contributed by atoms with Gasteiger partial charge in [-0.3, -0.25) is 9.48 Å². The zero-order valence-electron chi connectivity index (χ0n) is 14.1. The Morgan fingerprint density at radius 3 is 2.75 bits per heavy atom. The molecule has 0 atom stereocenters.